The molecule has 1 N–H and O–H groups in total. The van der Waals surface area contributed by atoms with Crippen LogP contribution in [-0.2, 0) is 0 Å². The summed E-state index contributed by atoms with van der Waals surface area (Å²) in [6.07, 6.45) is 0. The van der Waals surface area contributed by atoms with Crippen LogP contribution in [0.4, 0.5) is 15.2 Å². The lowest BCUT2D eigenvalue weighted by Crippen LogP contribution is -1.93. The molecule has 0 saturated carbocycles. The highest BCUT2D eigenvalue weighted by Gasteiger charge is 2.14. The molecule has 0 atom stereocenters. The van der Waals surface area contributed by atoms with E-state index in [1.165, 1.54) is 28.7 Å². The number of thiazole rings is 2. The van der Waals surface area contributed by atoms with Gasteiger partial charge in [-0.05, 0) is 18.2 Å². The second-order valence-electron chi connectivity index (χ2n) is 5.93. The van der Waals surface area contributed by atoms with Gasteiger partial charge in [0.05, 0.1) is 19.9 Å². The molecule has 4 rings (SSSR count). The Kier molecular flexibility index (Phi) is 5.66. The van der Waals surface area contributed by atoms with Crippen LogP contribution in [0, 0.1) is 5.82 Å². The maximum Gasteiger partial charge on any atom is 0.187 e. The smallest absolute Gasteiger partial charge is 0.187 e. The van der Waals surface area contributed by atoms with Gasteiger partial charge in [0.1, 0.15) is 28.0 Å². The minimum absolute atomic E-state index is 0.353. The first-order valence-corrected chi connectivity index (χ1v) is 10.6. The minimum atomic E-state index is -0.401. The molecule has 2 heterocycles. The van der Waals surface area contributed by atoms with Gasteiger partial charge in [0.2, 0.25) is 0 Å². The Bertz CT molecular complexity index is 1140. The fourth-order valence-corrected chi connectivity index (χ4v) is 4.37. The summed E-state index contributed by atoms with van der Waals surface area (Å²) < 4.78 is 24.7. The first-order valence-electron chi connectivity index (χ1n) is 8.42. The molecule has 4 aromatic rings. The molecule has 0 aliphatic rings. The van der Waals surface area contributed by atoms with E-state index in [0.717, 1.165) is 11.4 Å². The largest absolute Gasteiger partial charge is 0.497 e. The molecule has 0 aliphatic heterocycles. The molecule has 0 spiro atoms. The molecule has 0 radical (unpaired) electrons. The molecule has 5 nitrogen and oxygen atoms in total. The summed E-state index contributed by atoms with van der Waals surface area (Å²) in [7, 11) is 3.20. The fourth-order valence-electron chi connectivity index (χ4n) is 2.64. The van der Waals surface area contributed by atoms with E-state index in [1.807, 2.05) is 17.5 Å². The van der Waals surface area contributed by atoms with Gasteiger partial charge in [0, 0.05) is 45.2 Å². The Morgan fingerprint density at radius 3 is 2.34 bits per heavy atom. The monoisotopic (exact) mass is 447 g/mol. The average molecular weight is 448 g/mol. The van der Waals surface area contributed by atoms with Crippen molar-refractivity contribution in [3.05, 3.63) is 58.0 Å². The van der Waals surface area contributed by atoms with Crippen LogP contribution >= 0.6 is 34.3 Å². The number of rotatable bonds is 6. The van der Waals surface area contributed by atoms with Gasteiger partial charge in [-0.25, -0.2) is 14.4 Å². The van der Waals surface area contributed by atoms with Gasteiger partial charge in [0.15, 0.2) is 5.13 Å². The molecule has 0 unspecified atom stereocenters. The maximum absolute atomic E-state index is 14.2. The second kappa shape index (κ2) is 8.36. The van der Waals surface area contributed by atoms with E-state index >= 15 is 0 Å². The number of halogens is 2. The number of nitrogens with one attached hydrogen (secondary N) is 1. The van der Waals surface area contributed by atoms with Crippen molar-refractivity contribution in [1.82, 2.24) is 9.97 Å². The fraction of sp³-hybridized carbons (Fsp3) is 0.100. The van der Waals surface area contributed by atoms with Crippen molar-refractivity contribution in [2.24, 2.45) is 0 Å². The van der Waals surface area contributed by atoms with Crippen LogP contribution in [0.5, 0.6) is 11.5 Å². The third-order valence-electron chi connectivity index (χ3n) is 4.04. The first kappa shape index (κ1) is 19.6. The van der Waals surface area contributed by atoms with Crippen molar-refractivity contribution in [2.45, 2.75) is 0 Å². The van der Waals surface area contributed by atoms with Crippen LogP contribution in [0.25, 0.3) is 22.0 Å². The van der Waals surface area contributed by atoms with Gasteiger partial charge >= 0.3 is 0 Å². The predicted octanol–water partition coefficient (Wildman–Crippen LogP) is 6.49. The van der Waals surface area contributed by atoms with Crippen molar-refractivity contribution in [1.29, 1.82) is 0 Å². The zero-order chi connectivity index (χ0) is 20.4. The number of hydrogen-bond acceptors (Lipinski definition) is 7. The van der Waals surface area contributed by atoms with Crippen LogP contribution in [0.1, 0.15) is 0 Å². The zero-order valence-corrected chi connectivity index (χ0v) is 17.8. The lowest BCUT2D eigenvalue weighted by Gasteiger charge is -2.08. The summed E-state index contributed by atoms with van der Waals surface area (Å²) in [5.41, 5.74) is 2.48. The van der Waals surface area contributed by atoms with Crippen LogP contribution in [0.3, 0.4) is 0 Å². The lowest BCUT2D eigenvalue weighted by atomic mass is 10.1. The van der Waals surface area contributed by atoms with Crippen LogP contribution in [0.15, 0.2) is 47.2 Å². The summed E-state index contributed by atoms with van der Waals surface area (Å²) in [5, 5.41) is 8.72. The first-order chi connectivity index (χ1) is 14.1. The minimum Gasteiger partial charge on any atom is -0.497 e. The van der Waals surface area contributed by atoms with Crippen molar-refractivity contribution < 1.29 is 13.9 Å². The molecule has 0 bridgehead atoms. The Balaban J connectivity index is 1.56. The zero-order valence-electron chi connectivity index (χ0n) is 15.4. The van der Waals surface area contributed by atoms with Crippen molar-refractivity contribution in [3.63, 3.8) is 0 Å². The van der Waals surface area contributed by atoms with Crippen LogP contribution in [-0.4, -0.2) is 24.2 Å². The van der Waals surface area contributed by atoms with E-state index in [2.05, 4.69) is 15.3 Å². The summed E-state index contributed by atoms with van der Waals surface area (Å²) in [6.45, 7) is 0. The Hall–Kier alpha value is -2.68. The quantitative estimate of drug-likeness (QED) is 0.366. The summed E-state index contributed by atoms with van der Waals surface area (Å²) in [5.74, 6) is 0.957. The SMILES string of the molecule is COc1cc(Nc2nc(-c3nc(-c4ccc(Cl)cc4F)cs3)cs2)cc(OC)c1. The highest BCUT2D eigenvalue weighted by molar-refractivity contribution is 7.15. The summed E-state index contributed by atoms with van der Waals surface area (Å²) in [4.78, 5) is 9.12. The van der Waals surface area contributed by atoms with E-state index in [9.17, 15) is 4.39 Å². The van der Waals surface area contributed by atoms with Crippen molar-refractivity contribution in [2.75, 3.05) is 19.5 Å². The van der Waals surface area contributed by atoms with E-state index in [4.69, 9.17) is 21.1 Å². The summed E-state index contributed by atoms with van der Waals surface area (Å²) >= 11 is 8.68. The second-order valence-corrected chi connectivity index (χ2v) is 8.08. The van der Waals surface area contributed by atoms with Gasteiger partial charge in [-0.3, -0.25) is 0 Å². The number of methoxy groups -OCH3 is 2. The van der Waals surface area contributed by atoms with Gasteiger partial charge < -0.3 is 14.8 Å². The number of anilines is 2. The maximum atomic E-state index is 14.2. The molecule has 2 aromatic carbocycles. The molecule has 2 aromatic heterocycles. The molecular weight excluding hydrogens is 433 g/mol. The van der Waals surface area contributed by atoms with Crippen molar-refractivity contribution >= 4 is 45.1 Å². The third-order valence-corrected chi connectivity index (χ3v) is 5.89. The summed E-state index contributed by atoms with van der Waals surface area (Å²) in [6, 6.07) is 10.1. The molecular formula is C20H15ClFN3O2S2. The lowest BCUT2D eigenvalue weighted by molar-refractivity contribution is 0.395. The topological polar surface area (TPSA) is 56.3 Å². The van der Waals surface area contributed by atoms with Gasteiger partial charge in [-0.1, -0.05) is 11.6 Å². The molecule has 0 amide bonds. The number of nitrogens with zero attached hydrogens (tertiary/aromatic N) is 2. The number of hydrogen-bond donors (Lipinski definition) is 1. The molecule has 0 fully saturated rings. The Labute approximate surface area is 179 Å². The Morgan fingerprint density at radius 2 is 1.66 bits per heavy atom. The highest BCUT2D eigenvalue weighted by atomic mass is 35.5. The van der Waals surface area contributed by atoms with Gasteiger partial charge in [0.25, 0.3) is 0 Å². The number of ether oxygens (including phenoxy) is 2. The molecule has 0 saturated heterocycles. The standard InChI is InChI=1S/C20H15ClFN3O2S2/c1-26-13-6-12(7-14(8-13)27-2)23-20-25-18(10-29-20)19-24-17(9-28-19)15-4-3-11(21)5-16(15)22/h3-10H,1-2H3,(H,23,25). The number of benzene rings is 2. The predicted molar refractivity (Wildman–Crippen MR) is 116 cm³/mol. The molecule has 29 heavy (non-hydrogen) atoms. The van der Waals surface area contributed by atoms with E-state index in [0.29, 0.717) is 37.9 Å². The van der Waals surface area contributed by atoms with E-state index in [1.54, 1.807) is 37.8 Å². The van der Waals surface area contributed by atoms with Crippen LogP contribution < -0.4 is 14.8 Å². The Morgan fingerprint density at radius 1 is 0.931 bits per heavy atom. The molecule has 9 heteroatoms. The number of aromatic nitrogens is 2. The molecule has 0 aliphatic carbocycles. The van der Waals surface area contributed by atoms with Gasteiger partial charge in [-0.15, -0.1) is 22.7 Å². The van der Waals surface area contributed by atoms with Crippen molar-refractivity contribution in [3.8, 4) is 33.5 Å². The van der Waals surface area contributed by atoms with Gasteiger partial charge in [-0.2, -0.15) is 0 Å². The normalized spacial score (nSPS) is 10.8. The highest BCUT2D eigenvalue weighted by Crippen LogP contribution is 2.34. The van der Waals surface area contributed by atoms with E-state index in [-0.39, 0.29) is 0 Å². The molecule has 148 valence electrons. The van der Waals surface area contributed by atoms with E-state index < -0.39 is 5.82 Å². The average Bonchev–Trinajstić information content (AvgIpc) is 3.37. The third kappa shape index (κ3) is 4.34. The van der Waals surface area contributed by atoms with Crippen LogP contribution in [0.2, 0.25) is 5.02 Å².